The van der Waals surface area contributed by atoms with Crippen LogP contribution in [0.15, 0.2) is 5.16 Å². The molecule has 1 amide bonds. The topological polar surface area (TPSA) is 81.8 Å². The second kappa shape index (κ2) is 3.00. The Kier molecular flexibility index (Phi) is 2.23. The highest BCUT2D eigenvalue weighted by Crippen LogP contribution is 2.06. The summed E-state index contributed by atoms with van der Waals surface area (Å²) < 4.78 is 11.2. The molecule has 11 heavy (non-hydrogen) atoms. The number of hydrogen-bond acceptors (Lipinski definition) is 4. The van der Waals surface area contributed by atoms with Gasteiger partial charge >= 0.3 is 0 Å². The zero-order chi connectivity index (χ0) is 8.43. The largest absolute Gasteiger partial charge is 0.393 e. The zero-order valence-corrected chi connectivity index (χ0v) is 6.76. The Balaban J connectivity index is 2.81. The lowest BCUT2D eigenvalue weighted by molar-refractivity contribution is -0.118. The molecule has 0 aromatic rings. The first-order valence-electron chi connectivity index (χ1n) is 2.99. The Bertz CT molecular complexity index is 238. The van der Waals surface area contributed by atoms with Gasteiger partial charge in [0.25, 0.3) is 0 Å². The van der Waals surface area contributed by atoms with E-state index in [2.05, 4.69) is 9.99 Å². The molecule has 0 fully saturated rings. The van der Waals surface area contributed by atoms with Gasteiger partial charge in [-0.3, -0.25) is 9.00 Å². The molecule has 1 heterocycles. The van der Waals surface area contributed by atoms with Crippen LogP contribution in [0.25, 0.3) is 0 Å². The summed E-state index contributed by atoms with van der Waals surface area (Å²) in [5, 5.41) is 3.01. The van der Waals surface area contributed by atoms with Crippen molar-refractivity contribution in [1.82, 2.24) is 0 Å². The molecule has 1 aliphatic heterocycles. The molecule has 2 atom stereocenters. The highest BCUT2D eigenvalue weighted by molar-refractivity contribution is 8.01. The van der Waals surface area contributed by atoms with Gasteiger partial charge in [-0.05, 0) is 6.92 Å². The van der Waals surface area contributed by atoms with Crippen molar-refractivity contribution < 1.29 is 13.8 Å². The Hall–Kier alpha value is -0.910. The molecule has 0 saturated carbocycles. The van der Waals surface area contributed by atoms with Crippen LogP contribution >= 0.6 is 0 Å². The molecule has 0 spiro atoms. The van der Waals surface area contributed by atoms with Crippen LogP contribution in [-0.4, -0.2) is 27.0 Å². The van der Waals surface area contributed by atoms with Gasteiger partial charge in [-0.25, -0.2) is 0 Å². The molecule has 2 unspecified atom stereocenters. The minimum atomic E-state index is -1.40. The Morgan fingerprint density at radius 3 is 3.00 bits per heavy atom. The zero-order valence-electron chi connectivity index (χ0n) is 5.94. The van der Waals surface area contributed by atoms with Gasteiger partial charge in [-0.2, -0.15) is 0 Å². The minimum Gasteiger partial charge on any atom is -0.393 e. The van der Waals surface area contributed by atoms with Crippen molar-refractivity contribution in [3.63, 3.8) is 0 Å². The molecular weight excluding hydrogens is 168 g/mol. The van der Waals surface area contributed by atoms with Crippen LogP contribution in [-0.2, 0) is 20.4 Å². The number of carbonyl (C=O) groups excluding carboxylic acids is 1. The fraction of sp³-hybridized carbons (Fsp3) is 0.600. The summed E-state index contributed by atoms with van der Waals surface area (Å²) in [4.78, 5) is 15.2. The van der Waals surface area contributed by atoms with Gasteiger partial charge < -0.3 is 10.6 Å². The molecule has 0 bridgehead atoms. The maximum atomic E-state index is 11.2. The summed E-state index contributed by atoms with van der Waals surface area (Å²) >= 11 is 0. The lowest BCUT2D eigenvalue weighted by atomic mass is 10.4. The SMILES string of the molecule is CC1=NOCC(C(N)=O)S1=O. The molecule has 1 aliphatic rings. The number of nitrogens with two attached hydrogens (primary N) is 1. The van der Waals surface area contributed by atoms with E-state index in [1.165, 1.54) is 6.92 Å². The van der Waals surface area contributed by atoms with Crippen LogP contribution in [0.5, 0.6) is 0 Å². The summed E-state index contributed by atoms with van der Waals surface area (Å²) in [7, 11) is -1.40. The number of primary amides is 1. The molecule has 5 nitrogen and oxygen atoms in total. The number of oxime groups is 1. The molecule has 62 valence electrons. The fourth-order valence-electron chi connectivity index (χ4n) is 0.688. The summed E-state index contributed by atoms with van der Waals surface area (Å²) in [5.41, 5.74) is 4.95. The van der Waals surface area contributed by atoms with Gasteiger partial charge in [0.2, 0.25) is 5.91 Å². The van der Waals surface area contributed by atoms with Crippen LogP contribution in [0.4, 0.5) is 0 Å². The van der Waals surface area contributed by atoms with Crippen molar-refractivity contribution in [1.29, 1.82) is 0 Å². The summed E-state index contributed by atoms with van der Waals surface area (Å²) in [6.07, 6.45) is 0. The lowest BCUT2D eigenvalue weighted by Gasteiger charge is -2.15. The van der Waals surface area contributed by atoms with E-state index < -0.39 is 22.0 Å². The minimum absolute atomic E-state index is 0.0132. The average Bonchev–Trinajstić information content (AvgIpc) is 1.94. The standard InChI is InChI=1S/C5H8N2O3S/c1-3-7-10-2-4(5(6)8)11(3)9/h4H,2H2,1H3,(H2,6,8). The van der Waals surface area contributed by atoms with E-state index in [4.69, 9.17) is 5.73 Å². The van der Waals surface area contributed by atoms with Crippen molar-refractivity contribution >= 4 is 21.8 Å². The van der Waals surface area contributed by atoms with E-state index in [0.29, 0.717) is 5.04 Å². The summed E-state index contributed by atoms with van der Waals surface area (Å²) in [6, 6.07) is 0. The van der Waals surface area contributed by atoms with Crippen molar-refractivity contribution in [2.24, 2.45) is 10.9 Å². The van der Waals surface area contributed by atoms with Crippen LogP contribution in [0.1, 0.15) is 6.92 Å². The van der Waals surface area contributed by atoms with E-state index in [1.807, 2.05) is 0 Å². The van der Waals surface area contributed by atoms with Crippen LogP contribution in [0.3, 0.4) is 0 Å². The van der Waals surface area contributed by atoms with Crippen LogP contribution in [0.2, 0.25) is 0 Å². The number of amides is 1. The van der Waals surface area contributed by atoms with Gasteiger partial charge in [-0.15, -0.1) is 0 Å². The summed E-state index contributed by atoms with van der Waals surface area (Å²) in [5.74, 6) is -0.613. The maximum absolute atomic E-state index is 11.2. The van der Waals surface area contributed by atoms with Crippen molar-refractivity contribution in [2.45, 2.75) is 12.2 Å². The van der Waals surface area contributed by atoms with Crippen molar-refractivity contribution in [3.05, 3.63) is 0 Å². The molecule has 0 saturated heterocycles. The van der Waals surface area contributed by atoms with E-state index in [0.717, 1.165) is 0 Å². The van der Waals surface area contributed by atoms with E-state index in [-0.39, 0.29) is 6.61 Å². The first kappa shape index (κ1) is 8.19. The van der Waals surface area contributed by atoms with Crippen molar-refractivity contribution in [3.8, 4) is 0 Å². The Labute approximate surface area is 66.0 Å². The maximum Gasteiger partial charge on any atom is 0.237 e. The van der Waals surface area contributed by atoms with Crippen LogP contribution in [0, 0.1) is 0 Å². The smallest absolute Gasteiger partial charge is 0.237 e. The van der Waals surface area contributed by atoms with E-state index >= 15 is 0 Å². The molecule has 0 aromatic heterocycles. The van der Waals surface area contributed by atoms with Crippen molar-refractivity contribution in [2.75, 3.05) is 6.61 Å². The molecule has 0 radical (unpaired) electrons. The third-order valence-electron chi connectivity index (χ3n) is 1.29. The second-order valence-electron chi connectivity index (χ2n) is 2.09. The Morgan fingerprint density at radius 1 is 1.91 bits per heavy atom. The van der Waals surface area contributed by atoms with Gasteiger partial charge in [0.15, 0.2) is 5.25 Å². The predicted octanol–water partition coefficient (Wildman–Crippen LogP) is -1.05. The molecule has 1 rings (SSSR count). The third kappa shape index (κ3) is 1.56. The number of rotatable bonds is 1. The second-order valence-corrected chi connectivity index (χ2v) is 3.85. The van der Waals surface area contributed by atoms with Gasteiger partial charge in [0.1, 0.15) is 11.7 Å². The monoisotopic (exact) mass is 176 g/mol. The fourth-order valence-corrected chi connectivity index (χ4v) is 1.62. The number of carbonyl (C=O) groups is 1. The van der Waals surface area contributed by atoms with E-state index in [9.17, 15) is 9.00 Å². The van der Waals surface area contributed by atoms with Crippen LogP contribution < -0.4 is 5.73 Å². The number of hydrogen-bond donors (Lipinski definition) is 1. The van der Waals surface area contributed by atoms with Gasteiger partial charge in [-0.1, -0.05) is 5.16 Å². The molecule has 6 heteroatoms. The first-order valence-corrected chi connectivity index (χ1v) is 4.20. The normalized spacial score (nSPS) is 30.5. The van der Waals surface area contributed by atoms with Gasteiger partial charge in [0, 0.05) is 0 Å². The quantitative estimate of drug-likeness (QED) is 0.553. The molecule has 0 aliphatic carbocycles. The lowest BCUT2D eigenvalue weighted by Crippen LogP contribution is -2.40. The summed E-state index contributed by atoms with van der Waals surface area (Å²) in [6.45, 7) is 1.55. The highest BCUT2D eigenvalue weighted by atomic mass is 32.2. The molecule has 2 N–H and O–H groups in total. The third-order valence-corrected chi connectivity index (χ3v) is 2.83. The highest BCUT2D eigenvalue weighted by Gasteiger charge is 2.29. The predicted molar refractivity (Wildman–Crippen MR) is 40.2 cm³/mol. The average molecular weight is 176 g/mol. The van der Waals surface area contributed by atoms with E-state index in [1.54, 1.807) is 0 Å². The number of nitrogens with zero attached hydrogens (tertiary/aromatic N) is 1. The molecule has 0 aromatic carbocycles. The van der Waals surface area contributed by atoms with Gasteiger partial charge in [0.05, 0.1) is 10.8 Å². The first-order chi connectivity index (χ1) is 5.13. The molecular formula is C5H8N2O3S. The Morgan fingerprint density at radius 2 is 2.55 bits per heavy atom.